The predicted octanol–water partition coefficient (Wildman–Crippen LogP) is 2.74. The van der Waals surface area contributed by atoms with Crippen molar-refractivity contribution in [2.24, 2.45) is 0 Å². The van der Waals surface area contributed by atoms with Crippen LogP contribution in [0.4, 0.5) is 5.69 Å². The summed E-state index contributed by atoms with van der Waals surface area (Å²) in [5.41, 5.74) is 0.339. The van der Waals surface area contributed by atoms with Crippen LogP contribution in [-0.4, -0.2) is 13.7 Å². The zero-order chi connectivity index (χ0) is 10.4. The number of nitrogens with zero attached hydrogens (tertiary/aromatic N) is 2. The van der Waals surface area contributed by atoms with Gasteiger partial charge in [-0.3, -0.25) is 0 Å². The first kappa shape index (κ1) is 10.1. The molecule has 4 nitrogen and oxygen atoms in total. The first-order chi connectivity index (χ1) is 6.81. The minimum Gasteiger partial charge on any atom is -0.496 e. The number of benzene rings is 1. The molecule has 0 unspecified atom stereocenters. The Morgan fingerprint density at radius 3 is 2.93 bits per heavy atom. The lowest BCUT2D eigenvalue weighted by Crippen LogP contribution is -1.93. The van der Waals surface area contributed by atoms with Gasteiger partial charge in [-0.2, -0.15) is 0 Å². The van der Waals surface area contributed by atoms with E-state index in [2.05, 4.69) is 11.6 Å². The highest BCUT2D eigenvalue weighted by atomic mass is 16.5. The lowest BCUT2D eigenvalue weighted by Gasteiger charge is -2.01. The molecular weight excluding hydrogens is 180 g/mol. The van der Waals surface area contributed by atoms with Gasteiger partial charge in [0.2, 0.25) is 11.1 Å². The van der Waals surface area contributed by atoms with E-state index in [1.165, 1.54) is 0 Å². The molecular formula is C10H11N2O2+. The van der Waals surface area contributed by atoms with Crippen LogP contribution < -0.4 is 9.47 Å². The fourth-order valence-corrected chi connectivity index (χ4v) is 0.973. The van der Waals surface area contributed by atoms with E-state index >= 15 is 0 Å². The highest BCUT2D eigenvalue weighted by Gasteiger charge is 2.15. The normalized spacial score (nSPS) is 8.86. The molecule has 0 N–H and O–H groups in total. The number of ether oxygens (including phenoxy) is 2. The summed E-state index contributed by atoms with van der Waals surface area (Å²) in [4.78, 5) is 3.09. The average Bonchev–Trinajstić information content (AvgIpc) is 2.26. The molecule has 0 bridgehead atoms. The van der Waals surface area contributed by atoms with Crippen LogP contribution in [0.5, 0.6) is 11.5 Å². The lowest BCUT2D eigenvalue weighted by molar-refractivity contribution is 0.363. The number of hydrogen-bond acceptors (Lipinski definition) is 3. The predicted molar refractivity (Wildman–Crippen MR) is 53.4 cm³/mol. The molecule has 0 aliphatic heterocycles. The van der Waals surface area contributed by atoms with Crippen LogP contribution >= 0.6 is 0 Å². The van der Waals surface area contributed by atoms with Crippen molar-refractivity contribution in [1.82, 2.24) is 0 Å². The van der Waals surface area contributed by atoms with Crippen molar-refractivity contribution in [3.63, 3.8) is 0 Å². The Hall–Kier alpha value is -2.02. The summed E-state index contributed by atoms with van der Waals surface area (Å²) in [5.74, 6) is 1.11. The summed E-state index contributed by atoms with van der Waals surface area (Å²) < 4.78 is 10.2. The molecule has 0 heterocycles. The molecule has 0 fully saturated rings. The fourth-order valence-electron chi connectivity index (χ4n) is 0.973. The van der Waals surface area contributed by atoms with Crippen LogP contribution in [0, 0.1) is 5.39 Å². The molecule has 0 spiro atoms. The first-order valence-corrected chi connectivity index (χ1v) is 4.08. The van der Waals surface area contributed by atoms with Crippen molar-refractivity contribution in [2.45, 2.75) is 0 Å². The van der Waals surface area contributed by atoms with Gasteiger partial charge >= 0.3 is 5.69 Å². The molecule has 0 saturated heterocycles. The zero-order valence-corrected chi connectivity index (χ0v) is 7.93. The summed E-state index contributed by atoms with van der Waals surface area (Å²) in [6.45, 7) is 3.89. The van der Waals surface area contributed by atoms with Gasteiger partial charge in [0.15, 0.2) is 4.98 Å². The molecule has 14 heavy (non-hydrogen) atoms. The number of rotatable bonds is 4. The number of hydrogen-bond donors (Lipinski definition) is 0. The van der Waals surface area contributed by atoms with Crippen molar-refractivity contribution in [3.05, 3.63) is 35.8 Å². The SMILES string of the molecule is C=CCOc1ccc(OC)cc1[N+]#N. The molecule has 0 aliphatic rings. The Bertz CT molecular complexity index is 369. The molecule has 72 valence electrons. The van der Waals surface area contributed by atoms with E-state index in [-0.39, 0.29) is 0 Å². The molecule has 0 atom stereocenters. The number of methoxy groups -OCH3 is 1. The first-order valence-electron chi connectivity index (χ1n) is 4.08. The Morgan fingerprint density at radius 2 is 2.36 bits per heavy atom. The lowest BCUT2D eigenvalue weighted by atomic mass is 10.3. The zero-order valence-electron chi connectivity index (χ0n) is 7.93. The Morgan fingerprint density at radius 1 is 1.57 bits per heavy atom. The van der Waals surface area contributed by atoms with Crippen molar-refractivity contribution in [1.29, 1.82) is 5.39 Å². The second-order valence-corrected chi connectivity index (χ2v) is 2.53. The summed E-state index contributed by atoms with van der Waals surface area (Å²) in [7, 11) is 1.54. The molecule has 1 rings (SSSR count). The fraction of sp³-hybridized carbons (Fsp3) is 0.200. The van der Waals surface area contributed by atoms with Crippen molar-refractivity contribution in [3.8, 4) is 11.5 Å². The van der Waals surface area contributed by atoms with Gasteiger partial charge in [-0.25, -0.2) is 0 Å². The molecule has 0 radical (unpaired) electrons. The second-order valence-electron chi connectivity index (χ2n) is 2.53. The van der Waals surface area contributed by atoms with E-state index in [1.807, 2.05) is 0 Å². The summed E-state index contributed by atoms with van der Waals surface area (Å²) in [6.07, 6.45) is 1.62. The van der Waals surface area contributed by atoms with Crippen LogP contribution in [0.3, 0.4) is 0 Å². The highest BCUT2D eigenvalue weighted by Crippen LogP contribution is 2.31. The van der Waals surface area contributed by atoms with Crippen LogP contribution in [0.15, 0.2) is 30.9 Å². The molecule has 0 saturated carbocycles. The van der Waals surface area contributed by atoms with Crippen LogP contribution in [-0.2, 0) is 0 Å². The van der Waals surface area contributed by atoms with Gasteiger partial charge in [-0.1, -0.05) is 12.7 Å². The van der Waals surface area contributed by atoms with Gasteiger partial charge in [0.25, 0.3) is 0 Å². The summed E-state index contributed by atoms with van der Waals surface area (Å²) in [6, 6.07) is 4.99. The summed E-state index contributed by atoms with van der Waals surface area (Å²) >= 11 is 0. The van der Waals surface area contributed by atoms with Crippen LogP contribution in [0.2, 0.25) is 0 Å². The smallest absolute Gasteiger partial charge is 0.429 e. The summed E-state index contributed by atoms with van der Waals surface area (Å²) in [5, 5.41) is 8.70. The van der Waals surface area contributed by atoms with Gasteiger partial charge in [0, 0.05) is 0 Å². The topological polar surface area (TPSA) is 46.6 Å². The molecule has 1 aromatic rings. The highest BCUT2D eigenvalue weighted by molar-refractivity contribution is 5.60. The molecule has 0 aliphatic carbocycles. The van der Waals surface area contributed by atoms with Crippen LogP contribution in [0.25, 0.3) is 4.98 Å². The maximum Gasteiger partial charge on any atom is 0.429 e. The van der Waals surface area contributed by atoms with E-state index in [0.29, 0.717) is 23.8 Å². The average molecular weight is 191 g/mol. The maximum atomic E-state index is 8.70. The third-order valence-electron chi connectivity index (χ3n) is 1.63. The van der Waals surface area contributed by atoms with Crippen molar-refractivity contribution >= 4 is 5.69 Å². The van der Waals surface area contributed by atoms with Gasteiger partial charge in [-0.15, -0.1) is 0 Å². The molecule has 1 aromatic carbocycles. The van der Waals surface area contributed by atoms with Gasteiger partial charge < -0.3 is 9.47 Å². The van der Waals surface area contributed by atoms with E-state index in [4.69, 9.17) is 14.9 Å². The van der Waals surface area contributed by atoms with Crippen LogP contribution in [0.1, 0.15) is 0 Å². The van der Waals surface area contributed by atoms with E-state index in [0.717, 1.165) is 0 Å². The van der Waals surface area contributed by atoms with Gasteiger partial charge in [0.1, 0.15) is 12.4 Å². The van der Waals surface area contributed by atoms with E-state index in [9.17, 15) is 0 Å². The monoisotopic (exact) mass is 191 g/mol. The Labute approximate surface area is 82.4 Å². The largest absolute Gasteiger partial charge is 0.496 e. The minimum atomic E-state index is 0.339. The third-order valence-corrected chi connectivity index (χ3v) is 1.63. The van der Waals surface area contributed by atoms with Gasteiger partial charge in [0.05, 0.1) is 13.2 Å². The number of diazo groups is 1. The maximum absolute atomic E-state index is 8.70. The standard InChI is InChI=1S/C10H11N2O2/c1-3-6-14-10-5-4-8(13-2)7-9(10)12-11/h3-5,7H,1,6H2,2H3/q+1. The van der Waals surface area contributed by atoms with E-state index in [1.54, 1.807) is 31.4 Å². The van der Waals surface area contributed by atoms with Gasteiger partial charge in [-0.05, 0) is 12.1 Å². The Kier molecular flexibility index (Phi) is 3.50. The van der Waals surface area contributed by atoms with E-state index < -0.39 is 0 Å². The molecule has 0 aromatic heterocycles. The quantitative estimate of drug-likeness (QED) is 0.543. The Balaban J connectivity index is 2.94. The third kappa shape index (κ3) is 2.23. The molecule has 0 amide bonds. The second kappa shape index (κ2) is 4.87. The van der Waals surface area contributed by atoms with Crippen molar-refractivity contribution < 1.29 is 9.47 Å². The minimum absolute atomic E-state index is 0.339. The molecule has 4 heteroatoms. The van der Waals surface area contributed by atoms with Crippen molar-refractivity contribution in [2.75, 3.05) is 13.7 Å².